The van der Waals surface area contributed by atoms with E-state index in [4.69, 9.17) is 11.6 Å². The number of halogens is 2. The number of alkyl halides is 1. The Kier molecular flexibility index (Phi) is 3.74. The van der Waals surface area contributed by atoms with Crippen LogP contribution in [0.5, 0.6) is 0 Å². The van der Waals surface area contributed by atoms with Crippen molar-refractivity contribution >= 4 is 40.0 Å². The molecule has 0 aliphatic heterocycles. The molecule has 0 aliphatic carbocycles. The molecule has 3 heteroatoms. The number of aryl methyl sites for hydroxylation is 1. The standard InChI is InChI=1S/C10H10ClIO/c1-6-3-4-9(12)8(5-6)10(11)7(2)13/h3-5,10H,1-2H3. The van der Waals surface area contributed by atoms with E-state index in [2.05, 4.69) is 22.6 Å². The van der Waals surface area contributed by atoms with Gasteiger partial charge in [0.1, 0.15) is 5.38 Å². The van der Waals surface area contributed by atoms with E-state index in [0.29, 0.717) is 0 Å². The van der Waals surface area contributed by atoms with E-state index >= 15 is 0 Å². The number of ketones is 1. The van der Waals surface area contributed by atoms with Gasteiger partial charge in [-0.3, -0.25) is 4.79 Å². The van der Waals surface area contributed by atoms with Crippen LogP contribution in [0.4, 0.5) is 0 Å². The number of hydrogen-bond donors (Lipinski definition) is 0. The van der Waals surface area contributed by atoms with Crippen molar-refractivity contribution < 1.29 is 4.79 Å². The second kappa shape index (κ2) is 4.42. The van der Waals surface area contributed by atoms with E-state index in [1.54, 1.807) is 0 Å². The molecule has 0 aliphatic rings. The number of rotatable bonds is 2. The SMILES string of the molecule is CC(=O)C(Cl)c1cc(C)ccc1I. The highest BCUT2D eigenvalue weighted by atomic mass is 127. The van der Waals surface area contributed by atoms with Crippen molar-refractivity contribution in [2.45, 2.75) is 19.2 Å². The van der Waals surface area contributed by atoms with Crippen molar-refractivity contribution in [1.82, 2.24) is 0 Å². The zero-order chi connectivity index (χ0) is 10.0. The zero-order valence-corrected chi connectivity index (χ0v) is 10.4. The minimum atomic E-state index is -0.508. The summed E-state index contributed by atoms with van der Waals surface area (Å²) in [5.74, 6) is -0.00909. The summed E-state index contributed by atoms with van der Waals surface area (Å²) in [7, 11) is 0. The van der Waals surface area contributed by atoms with Crippen molar-refractivity contribution in [3.8, 4) is 0 Å². The summed E-state index contributed by atoms with van der Waals surface area (Å²) in [6, 6.07) is 5.94. The molecule has 0 heterocycles. The summed E-state index contributed by atoms with van der Waals surface area (Å²) in [6.07, 6.45) is 0. The number of Topliss-reactive ketones (excluding diaryl/α,β-unsaturated/α-hetero) is 1. The zero-order valence-electron chi connectivity index (χ0n) is 7.47. The van der Waals surface area contributed by atoms with E-state index in [0.717, 1.165) is 14.7 Å². The summed E-state index contributed by atoms with van der Waals surface area (Å²) in [5.41, 5.74) is 2.04. The Morgan fingerprint density at radius 2 is 2.15 bits per heavy atom. The lowest BCUT2D eigenvalue weighted by molar-refractivity contribution is -0.116. The van der Waals surface area contributed by atoms with Crippen LogP contribution < -0.4 is 0 Å². The van der Waals surface area contributed by atoms with Crippen molar-refractivity contribution in [1.29, 1.82) is 0 Å². The van der Waals surface area contributed by atoms with Crippen LogP contribution in [0, 0.1) is 10.5 Å². The van der Waals surface area contributed by atoms with Gasteiger partial charge in [-0.25, -0.2) is 0 Å². The molecule has 13 heavy (non-hydrogen) atoms. The maximum absolute atomic E-state index is 11.1. The maximum Gasteiger partial charge on any atom is 0.152 e. The predicted octanol–water partition coefficient (Wildman–Crippen LogP) is 3.47. The molecule has 0 radical (unpaired) electrons. The minimum Gasteiger partial charge on any atom is -0.298 e. The van der Waals surface area contributed by atoms with Crippen molar-refractivity contribution in [2.75, 3.05) is 0 Å². The Balaban J connectivity index is 3.12. The molecule has 1 atom stereocenters. The first-order valence-electron chi connectivity index (χ1n) is 3.93. The minimum absolute atomic E-state index is 0.00909. The third kappa shape index (κ3) is 2.68. The molecule has 0 saturated carbocycles. The molecular formula is C10H10ClIO. The van der Waals surface area contributed by atoms with E-state index in [1.807, 2.05) is 25.1 Å². The molecule has 1 unspecified atom stereocenters. The Labute approximate surface area is 96.6 Å². The third-order valence-electron chi connectivity index (χ3n) is 1.78. The van der Waals surface area contributed by atoms with Gasteiger partial charge in [0, 0.05) is 3.57 Å². The molecule has 1 rings (SSSR count). The fourth-order valence-electron chi connectivity index (χ4n) is 1.08. The summed E-state index contributed by atoms with van der Waals surface area (Å²) in [6.45, 7) is 3.50. The van der Waals surface area contributed by atoms with E-state index in [9.17, 15) is 4.79 Å². The molecule has 0 fully saturated rings. The van der Waals surface area contributed by atoms with Gasteiger partial charge in [0.25, 0.3) is 0 Å². The fourth-order valence-corrected chi connectivity index (χ4v) is 2.09. The second-order valence-corrected chi connectivity index (χ2v) is 4.60. The van der Waals surface area contributed by atoms with Gasteiger partial charge in [-0.2, -0.15) is 0 Å². The van der Waals surface area contributed by atoms with E-state index in [-0.39, 0.29) is 5.78 Å². The average Bonchev–Trinajstić information content (AvgIpc) is 2.08. The van der Waals surface area contributed by atoms with Gasteiger partial charge in [0.05, 0.1) is 0 Å². The van der Waals surface area contributed by atoms with Gasteiger partial charge in [-0.05, 0) is 48.1 Å². The molecule has 0 amide bonds. The molecular weight excluding hydrogens is 298 g/mol. The quantitative estimate of drug-likeness (QED) is 0.604. The molecule has 1 aromatic rings. The van der Waals surface area contributed by atoms with Crippen LogP contribution in [0.25, 0.3) is 0 Å². The smallest absolute Gasteiger partial charge is 0.152 e. The number of hydrogen-bond acceptors (Lipinski definition) is 1. The van der Waals surface area contributed by atoms with E-state index < -0.39 is 5.38 Å². The molecule has 0 spiro atoms. The molecule has 1 aromatic carbocycles. The average molecular weight is 309 g/mol. The summed E-state index contributed by atoms with van der Waals surface area (Å²) in [4.78, 5) is 11.1. The predicted molar refractivity (Wildman–Crippen MR) is 63.2 cm³/mol. The summed E-state index contributed by atoms with van der Waals surface area (Å²) >= 11 is 8.15. The van der Waals surface area contributed by atoms with Gasteiger partial charge < -0.3 is 0 Å². The van der Waals surface area contributed by atoms with Crippen LogP contribution in [0.3, 0.4) is 0 Å². The summed E-state index contributed by atoms with van der Waals surface area (Å²) in [5, 5.41) is -0.508. The van der Waals surface area contributed by atoms with Crippen LogP contribution >= 0.6 is 34.2 Å². The largest absolute Gasteiger partial charge is 0.298 e. The van der Waals surface area contributed by atoms with Gasteiger partial charge in [-0.1, -0.05) is 17.7 Å². The van der Waals surface area contributed by atoms with Gasteiger partial charge in [0.15, 0.2) is 5.78 Å². The van der Waals surface area contributed by atoms with Crippen LogP contribution in [0.2, 0.25) is 0 Å². The highest BCUT2D eigenvalue weighted by Crippen LogP contribution is 2.26. The third-order valence-corrected chi connectivity index (χ3v) is 3.31. The first-order valence-corrected chi connectivity index (χ1v) is 5.44. The molecule has 0 saturated heterocycles. The van der Waals surface area contributed by atoms with Gasteiger partial charge in [-0.15, -0.1) is 11.6 Å². The molecule has 0 bridgehead atoms. The Morgan fingerprint density at radius 3 is 2.69 bits per heavy atom. The lowest BCUT2D eigenvalue weighted by Crippen LogP contribution is -2.03. The maximum atomic E-state index is 11.1. The Bertz CT molecular complexity index is 336. The fraction of sp³-hybridized carbons (Fsp3) is 0.300. The first-order chi connectivity index (χ1) is 6.02. The highest BCUT2D eigenvalue weighted by Gasteiger charge is 2.15. The first kappa shape index (κ1) is 11.0. The second-order valence-electron chi connectivity index (χ2n) is 3.00. The van der Waals surface area contributed by atoms with Crippen molar-refractivity contribution in [3.63, 3.8) is 0 Å². The number of carbonyl (C=O) groups excluding carboxylic acids is 1. The van der Waals surface area contributed by atoms with Crippen molar-refractivity contribution in [3.05, 3.63) is 32.9 Å². The molecule has 1 nitrogen and oxygen atoms in total. The molecule has 0 N–H and O–H groups in total. The topological polar surface area (TPSA) is 17.1 Å². The van der Waals surface area contributed by atoms with Crippen LogP contribution in [-0.2, 0) is 4.79 Å². The van der Waals surface area contributed by atoms with Crippen molar-refractivity contribution in [2.24, 2.45) is 0 Å². The van der Waals surface area contributed by atoms with Crippen LogP contribution in [0.15, 0.2) is 18.2 Å². The molecule has 0 aromatic heterocycles. The number of carbonyl (C=O) groups is 1. The normalized spacial score (nSPS) is 12.6. The lowest BCUT2D eigenvalue weighted by Gasteiger charge is -2.09. The molecule has 70 valence electrons. The van der Waals surface area contributed by atoms with Crippen LogP contribution in [0.1, 0.15) is 23.4 Å². The van der Waals surface area contributed by atoms with Gasteiger partial charge >= 0.3 is 0 Å². The Morgan fingerprint density at radius 1 is 1.54 bits per heavy atom. The lowest BCUT2D eigenvalue weighted by atomic mass is 10.1. The highest BCUT2D eigenvalue weighted by molar-refractivity contribution is 14.1. The van der Waals surface area contributed by atoms with Gasteiger partial charge in [0.2, 0.25) is 0 Å². The van der Waals surface area contributed by atoms with E-state index in [1.165, 1.54) is 6.92 Å². The Hall–Kier alpha value is -0.0900. The monoisotopic (exact) mass is 308 g/mol. The van der Waals surface area contributed by atoms with Crippen LogP contribution in [-0.4, -0.2) is 5.78 Å². The summed E-state index contributed by atoms with van der Waals surface area (Å²) < 4.78 is 1.04. The number of benzene rings is 1.